The predicted molar refractivity (Wildman–Crippen MR) is 88.3 cm³/mol. The van der Waals surface area contributed by atoms with Crippen LogP contribution >= 0.6 is 0 Å². The van der Waals surface area contributed by atoms with Gasteiger partial charge in [-0.15, -0.1) is 0 Å². The average Bonchev–Trinajstić information content (AvgIpc) is 2.25. The first-order valence-electron chi connectivity index (χ1n) is 7.46. The fourth-order valence-corrected chi connectivity index (χ4v) is 1.77. The van der Waals surface area contributed by atoms with Crippen LogP contribution in [0.3, 0.4) is 0 Å². The first-order valence-corrected chi connectivity index (χ1v) is 7.46. The van der Waals surface area contributed by atoms with Crippen molar-refractivity contribution in [2.75, 3.05) is 27.7 Å². The maximum atomic E-state index is 2.40. The zero-order chi connectivity index (χ0) is 14.9. The lowest BCUT2D eigenvalue weighted by atomic mass is 10.1. The molecule has 0 atom stereocenters. The summed E-state index contributed by atoms with van der Waals surface area (Å²) in [7, 11) is 6.70. The van der Waals surface area contributed by atoms with Gasteiger partial charge in [0.15, 0.2) is 0 Å². The summed E-state index contributed by atoms with van der Waals surface area (Å²) >= 11 is 0. The van der Waals surface area contributed by atoms with Crippen LogP contribution in [-0.2, 0) is 0 Å². The van der Waals surface area contributed by atoms with Gasteiger partial charge in [0.2, 0.25) is 0 Å². The maximum absolute atomic E-state index is 2.40. The number of nitrogens with zero attached hydrogens (tertiary/aromatic N) is 1. The van der Waals surface area contributed by atoms with Gasteiger partial charge in [-0.05, 0) is 59.5 Å². The van der Waals surface area contributed by atoms with Crippen molar-refractivity contribution in [3.63, 3.8) is 0 Å². The summed E-state index contributed by atoms with van der Waals surface area (Å²) < 4.78 is 1.01. The molecule has 0 aliphatic carbocycles. The molecule has 0 aliphatic heterocycles. The Balaban J connectivity index is 3.96. The molecule has 0 N–H and O–H groups in total. The number of likely N-dealkylation sites (N-methyl/N-ethyl adjacent to an activating group) is 1. The molecular formula is C18H34N+. The smallest absolute Gasteiger partial charge is 0.0970 e. The summed E-state index contributed by atoms with van der Waals surface area (Å²) in [5, 5.41) is 0. The number of quaternary nitrogens is 1. The van der Waals surface area contributed by atoms with Crippen LogP contribution in [0.4, 0.5) is 0 Å². The standard InChI is InChI=1S/C18H34N/c1-16(2)10-8-11-17(3)12-9-13-18(4)14-15-19(5,6)7/h10,12,14H,8-9,11,13,15H2,1-7H3/q+1/b17-12+,18-14+. The molecule has 0 fully saturated rings. The van der Waals surface area contributed by atoms with Crippen LogP contribution in [0.5, 0.6) is 0 Å². The Morgan fingerprint density at radius 2 is 1.21 bits per heavy atom. The molecule has 0 unspecified atom stereocenters. The highest BCUT2D eigenvalue weighted by Crippen LogP contribution is 2.11. The minimum absolute atomic E-state index is 1.01. The topological polar surface area (TPSA) is 0 Å². The van der Waals surface area contributed by atoms with Crippen LogP contribution in [-0.4, -0.2) is 32.2 Å². The Morgan fingerprint density at radius 3 is 1.68 bits per heavy atom. The lowest BCUT2D eigenvalue weighted by Gasteiger charge is -2.22. The van der Waals surface area contributed by atoms with Gasteiger partial charge in [-0.1, -0.05) is 28.9 Å². The highest BCUT2D eigenvalue weighted by atomic mass is 15.3. The van der Waals surface area contributed by atoms with Crippen molar-refractivity contribution in [3.05, 3.63) is 34.9 Å². The van der Waals surface area contributed by atoms with Gasteiger partial charge >= 0.3 is 0 Å². The van der Waals surface area contributed by atoms with Gasteiger partial charge in [-0.2, -0.15) is 0 Å². The van der Waals surface area contributed by atoms with E-state index in [1.807, 2.05) is 0 Å². The molecule has 0 aromatic rings. The van der Waals surface area contributed by atoms with Crippen LogP contribution < -0.4 is 0 Å². The van der Waals surface area contributed by atoms with E-state index in [1.54, 1.807) is 0 Å². The van der Waals surface area contributed by atoms with Crippen LogP contribution in [0.15, 0.2) is 34.9 Å². The van der Waals surface area contributed by atoms with Gasteiger partial charge in [0.1, 0.15) is 0 Å². The van der Waals surface area contributed by atoms with Gasteiger partial charge < -0.3 is 4.48 Å². The first kappa shape index (κ1) is 18.2. The van der Waals surface area contributed by atoms with Gasteiger partial charge in [-0.25, -0.2) is 0 Å². The lowest BCUT2D eigenvalue weighted by molar-refractivity contribution is -0.864. The van der Waals surface area contributed by atoms with Crippen molar-refractivity contribution in [3.8, 4) is 0 Å². The molecule has 19 heavy (non-hydrogen) atoms. The predicted octanol–water partition coefficient (Wildman–Crippen LogP) is 5.11. The fraction of sp³-hybridized carbons (Fsp3) is 0.667. The van der Waals surface area contributed by atoms with Crippen LogP contribution in [0.2, 0.25) is 0 Å². The zero-order valence-electron chi connectivity index (χ0n) is 14.2. The fourth-order valence-electron chi connectivity index (χ4n) is 1.77. The first-order chi connectivity index (χ1) is 8.70. The summed E-state index contributed by atoms with van der Waals surface area (Å²) in [5.41, 5.74) is 4.46. The molecule has 110 valence electrons. The van der Waals surface area contributed by atoms with E-state index < -0.39 is 0 Å². The molecule has 0 aromatic carbocycles. The van der Waals surface area contributed by atoms with E-state index in [9.17, 15) is 0 Å². The number of hydrogen-bond acceptors (Lipinski definition) is 0. The summed E-state index contributed by atoms with van der Waals surface area (Å²) in [6, 6.07) is 0. The zero-order valence-corrected chi connectivity index (χ0v) is 14.2. The molecule has 0 bridgehead atoms. The molecule has 1 heteroatoms. The van der Waals surface area contributed by atoms with E-state index in [0.29, 0.717) is 0 Å². The van der Waals surface area contributed by atoms with E-state index in [1.165, 1.54) is 42.4 Å². The SMILES string of the molecule is CC(C)=CCC/C(C)=C/CC/C(C)=C/C[N+](C)(C)C. The Hall–Kier alpha value is -0.820. The second-order valence-electron chi connectivity index (χ2n) is 6.93. The molecule has 0 aliphatic rings. The minimum atomic E-state index is 1.01. The number of hydrogen-bond donors (Lipinski definition) is 0. The summed E-state index contributed by atoms with van der Waals surface area (Å²) in [4.78, 5) is 0. The monoisotopic (exact) mass is 264 g/mol. The molecule has 0 radical (unpaired) electrons. The maximum Gasteiger partial charge on any atom is 0.0970 e. The second-order valence-corrected chi connectivity index (χ2v) is 6.93. The lowest BCUT2D eigenvalue weighted by Crippen LogP contribution is -2.34. The molecule has 0 rings (SSSR count). The van der Waals surface area contributed by atoms with E-state index in [2.05, 4.69) is 67.1 Å². The molecule has 0 spiro atoms. The molecular weight excluding hydrogens is 230 g/mol. The molecule has 0 aromatic heterocycles. The normalized spacial score (nSPS) is 13.6. The van der Waals surface area contributed by atoms with Gasteiger partial charge in [-0.3, -0.25) is 0 Å². The van der Waals surface area contributed by atoms with E-state index in [4.69, 9.17) is 0 Å². The van der Waals surface area contributed by atoms with Crippen LogP contribution in [0, 0.1) is 0 Å². The summed E-state index contributed by atoms with van der Waals surface area (Å²) in [6.45, 7) is 9.96. The third kappa shape index (κ3) is 13.4. The molecule has 0 saturated carbocycles. The summed E-state index contributed by atoms with van der Waals surface area (Å²) in [5.74, 6) is 0. The molecule has 1 nitrogen and oxygen atoms in total. The van der Waals surface area contributed by atoms with E-state index in [-0.39, 0.29) is 0 Å². The van der Waals surface area contributed by atoms with Crippen LogP contribution in [0.25, 0.3) is 0 Å². The van der Waals surface area contributed by atoms with Crippen molar-refractivity contribution < 1.29 is 4.48 Å². The van der Waals surface area contributed by atoms with Crippen molar-refractivity contribution in [1.82, 2.24) is 0 Å². The van der Waals surface area contributed by atoms with Crippen molar-refractivity contribution in [1.29, 1.82) is 0 Å². The highest BCUT2D eigenvalue weighted by Gasteiger charge is 2.03. The van der Waals surface area contributed by atoms with Crippen molar-refractivity contribution >= 4 is 0 Å². The Bertz CT molecular complexity index is 333. The number of rotatable bonds is 8. The third-order valence-corrected chi connectivity index (χ3v) is 3.11. The molecule has 0 heterocycles. The Kier molecular flexibility index (Phi) is 8.75. The van der Waals surface area contributed by atoms with Gasteiger partial charge in [0.05, 0.1) is 27.7 Å². The average molecular weight is 264 g/mol. The van der Waals surface area contributed by atoms with Crippen molar-refractivity contribution in [2.24, 2.45) is 0 Å². The highest BCUT2D eigenvalue weighted by molar-refractivity contribution is 5.05. The second kappa shape index (κ2) is 9.14. The third-order valence-electron chi connectivity index (χ3n) is 3.11. The van der Waals surface area contributed by atoms with E-state index in [0.717, 1.165) is 11.0 Å². The Labute approximate surface area is 121 Å². The van der Waals surface area contributed by atoms with Gasteiger partial charge in [0.25, 0.3) is 0 Å². The van der Waals surface area contributed by atoms with Crippen LogP contribution in [0.1, 0.15) is 53.4 Å². The minimum Gasteiger partial charge on any atom is -0.328 e. The summed E-state index contributed by atoms with van der Waals surface area (Å²) in [6.07, 6.45) is 11.9. The van der Waals surface area contributed by atoms with Crippen molar-refractivity contribution in [2.45, 2.75) is 53.4 Å². The quantitative estimate of drug-likeness (QED) is 0.422. The largest absolute Gasteiger partial charge is 0.328 e. The molecule has 0 amide bonds. The Morgan fingerprint density at radius 1 is 0.737 bits per heavy atom. The molecule has 0 saturated heterocycles. The van der Waals surface area contributed by atoms with E-state index >= 15 is 0 Å². The number of allylic oxidation sites excluding steroid dienone is 5. The van der Waals surface area contributed by atoms with Gasteiger partial charge in [0, 0.05) is 0 Å².